The number of amides is 4. The molecular weight excluding hydrogens is 304 g/mol. The van der Waals surface area contributed by atoms with Crippen molar-refractivity contribution < 1.29 is 14.4 Å². The minimum atomic E-state index is -0.0879. The van der Waals surface area contributed by atoms with Gasteiger partial charge in [0.2, 0.25) is 11.8 Å². The summed E-state index contributed by atoms with van der Waals surface area (Å²) in [5.74, 6) is 0.908. The number of unbranched alkanes of at least 4 members (excludes halogenated alkanes) is 1. The second-order valence-electron chi connectivity index (χ2n) is 5.70. The van der Waals surface area contributed by atoms with E-state index in [2.05, 4.69) is 21.3 Å². The van der Waals surface area contributed by atoms with Gasteiger partial charge < -0.3 is 21.3 Å². The van der Waals surface area contributed by atoms with Gasteiger partial charge in [-0.3, -0.25) is 9.59 Å². The Balaban J connectivity index is 1.51. The van der Waals surface area contributed by atoms with Gasteiger partial charge in [0.1, 0.15) is 0 Å². The van der Waals surface area contributed by atoms with E-state index in [1.165, 1.54) is 6.92 Å². The van der Waals surface area contributed by atoms with Crippen molar-refractivity contribution >= 4 is 29.6 Å². The molecule has 2 aliphatic heterocycles. The van der Waals surface area contributed by atoms with E-state index in [1.807, 2.05) is 11.8 Å². The maximum atomic E-state index is 11.6. The van der Waals surface area contributed by atoms with Crippen molar-refractivity contribution in [2.75, 3.05) is 18.8 Å². The van der Waals surface area contributed by atoms with Crippen LogP contribution in [0.25, 0.3) is 0 Å². The number of hydrogen-bond acceptors (Lipinski definition) is 4. The third-order valence-electron chi connectivity index (χ3n) is 3.90. The van der Waals surface area contributed by atoms with Crippen LogP contribution < -0.4 is 21.3 Å². The summed E-state index contributed by atoms with van der Waals surface area (Å²) < 4.78 is 0. The van der Waals surface area contributed by atoms with Crippen molar-refractivity contribution in [3.05, 3.63) is 0 Å². The molecule has 0 aromatic carbocycles. The number of thioether (sulfide) groups is 1. The van der Waals surface area contributed by atoms with Gasteiger partial charge in [-0.2, -0.15) is 11.8 Å². The molecule has 3 unspecified atom stereocenters. The lowest BCUT2D eigenvalue weighted by Crippen LogP contribution is -2.36. The molecule has 8 heteroatoms. The normalized spacial score (nSPS) is 26.0. The van der Waals surface area contributed by atoms with E-state index in [9.17, 15) is 14.4 Å². The topological polar surface area (TPSA) is 99.3 Å². The van der Waals surface area contributed by atoms with Crippen molar-refractivity contribution in [1.82, 2.24) is 21.3 Å². The summed E-state index contributed by atoms with van der Waals surface area (Å²) in [6.07, 6.45) is 3.36. The van der Waals surface area contributed by atoms with Gasteiger partial charge in [0, 0.05) is 37.4 Å². The predicted octanol–water partition coefficient (Wildman–Crippen LogP) is -0.0355. The molecule has 0 aromatic heterocycles. The average Bonchev–Trinajstić information content (AvgIpc) is 2.99. The zero-order chi connectivity index (χ0) is 15.9. The Morgan fingerprint density at radius 3 is 2.77 bits per heavy atom. The maximum absolute atomic E-state index is 11.6. The fraction of sp³-hybridized carbons (Fsp3) is 0.786. The zero-order valence-electron chi connectivity index (χ0n) is 12.8. The Morgan fingerprint density at radius 1 is 1.23 bits per heavy atom. The highest BCUT2D eigenvalue weighted by Crippen LogP contribution is 2.33. The van der Waals surface area contributed by atoms with Crippen LogP contribution in [0.1, 0.15) is 32.6 Å². The van der Waals surface area contributed by atoms with Gasteiger partial charge in [-0.25, -0.2) is 4.79 Å². The molecule has 4 amide bonds. The SMILES string of the molecule is CC(=O)NCCNC(=O)CCCCC1SCC2NC(=O)NC21. The fourth-order valence-electron chi connectivity index (χ4n) is 2.80. The summed E-state index contributed by atoms with van der Waals surface area (Å²) >= 11 is 1.90. The van der Waals surface area contributed by atoms with Crippen LogP contribution in [-0.2, 0) is 9.59 Å². The highest BCUT2D eigenvalue weighted by molar-refractivity contribution is 8.00. The molecule has 2 fully saturated rings. The first-order chi connectivity index (χ1) is 10.6. The second-order valence-corrected chi connectivity index (χ2v) is 6.97. The van der Waals surface area contributed by atoms with E-state index in [4.69, 9.17) is 0 Å². The van der Waals surface area contributed by atoms with Gasteiger partial charge in [-0.05, 0) is 12.8 Å². The number of carbonyl (C=O) groups excluding carboxylic acids is 3. The Bertz CT molecular complexity index is 432. The molecule has 2 saturated heterocycles. The lowest BCUT2D eigenvalue weighted by molar-refractivity contribution is -0.122. The summed E-state index contributed by atoms with van der Waals surface area (Å²) in [4.78, 5) is 33.6. The number of nitrogens with one attached hydrogen (secondary N) is 4. The van der Waals surface area contributed by atoms with Crippen molar-refractivity contribution in [3.63, 3.8) is 0 Å². The van der Waals surface area contributed by atoms with Gasteiger partial charge in [0.05, 0.1) is 12.1 Å². The Labute approximate surface area is 134 Å². The lowest BCUT2D eigenvalue weighted by Gasteiger charge is -2.16. The largest absolute Gasteiger partial charge is 0.355 e. The molecule has 2 heterocycles. The second kappa shape index (κ2) is 8.26. The summed E-state index contributed by atoms with van der Waals surface area (Å²) in [5.41, 5.74) is 0. The van der Waals surface area contributed by atoms with Crippen LogP contribution in [0.3, 0.4) is 0 Å². The van der Waals surface area contributed by atoms with Gasteiger partial charge in [-0.1, -0.05) is 6.42 Å². The van der Waals surface area contributed by atoms with Crippen LogP contribution in [-0.4, -0.2) is 54.0 Å². The van der Waals surface area contributed by atoms with E-state index in [0.717, 1.165) is 25.0 Å². The van der Waals surface area contributed by atoms with Gasteiger partial charge >= 0.3 is 6.03 Å². The highest BCUT2D eigenvalue weighted by atomic mass is 32.2. The van der Waals surface area contributed by atoms with Crippen molar-refractivity contribution in [1.29, 1.82) is 0 Å². The third-order valence-corrected chi connectivity index (χ3v) is 5.41. The van der Waals surface area contributed by atoms with Gasteiger partial charge in [0.25, 0.3) is 0 Å². The van der Waals surface area contributed by atoms with E-state index in [-0.39, 0.29) is 29.9 Å². The number of rotatable bonds is 8. The Morgan fingerprint density at radius 2 is 2.00 bits per heavy atom. The lowest BCUT2D eigenvalue weighted by atomic mass is 10.0. The van der Waals surface area contributed by atoms with E-state index < -0.39 is 0 Å². The minimum absolute atomic E-state index is 0.0261. The summed E-state index contributed by atoms with van der Waals surface area (Å²) in [5, 5.41) is 11.8. The summed E-state index contributed by atoms with van der Waals surface area (Å²) in [6.45, 7) is 2.39. The van der Waals surface area contributed by atoms with Crippen LogP contribution >= 0.6 is 11.8 Å². The Hall–Kier alpha value is -1.44. The fourth-order valence-corrected chi connectivity index (χ4v) is 4.35. The molecule has 0 aliphatic carbocycles. The molecule has 4 N–H and O–H groups in total. The van der Waals surface area contributed by atoms with Crippen molar-refractivity contribution in [2.45, 2.75) is 49.9 Å². The quantitative estimate of drug-likeness (QED) is 0.371. The monoisotopic (exact) mass is 328 g/mol. The minimum Gasteiger partial charge on any atom is -0.355 e. The molecule has 0 aromatic rings. The number of carbonyl (C=O) groups is 3. The smallest absolute Gasteiger partial charge is 0.315 e. The summed E-state index contributed by atoms with van der Waals surface area (Å²) in [7, 11) is 0. The van der Waals surface area contributed by atoms with Crippen LogP contribution in [0.2, 0.25) is 0 Å². The number of fused-ring (bicyclic) bond motifs is 1. The van der Waals surface area contributed by atoms with E-state index in [0.29, 0.717) is 24.8 Å². The number of hydrogen-bond donors (Lipinski definition) is 4. The first-order valence-electron chi connectivity index (χ1n) is 7.76. The molecule has 22 heavy (non-hydrogen) atoms. The highest BCUT2D eigenvalue weighted by Gasteiger charge is 2.42. The molecule has 0 bridgehead atoms. The number of urea groups is 1. The summed E-state index contributed by atoms with van der Waals surface area (Å²) in [6, 6.07) is 0.447. The van der Waals surface area contributed by atoms with Crippen LogP contribution in [0.5, 0.6) is 0 Å². The van der Waals surface area contributed by atoms with Crippen LogP contribution in [0.4, 0.5) is 4.79 Å². The molecule has 3 atom stereocenters. The standard InChI is InChI=1S/C14H24N4O3S/c1-9(19)15-6-7-16-12(20)5-3-2-4-11-13-10(8-22-11)17-14(21)18-13/h10-11,13H,2-8H2,1H3,(H,15,19)(H,16,20)(H2,17,18,21). The maximum Gasteiger partial charge on any atom is 0.315 e. The molecule has 0 spiro atoms. The molecule has 0 saturated carbocycles. The first kappa shape index (κ1) is 16.9. The van der Waals surface area contributed by atoms with Crippen molar-refractivity contribution in [2.24, 2.45) is 0 Å². The molecule has 2 rings (SSSR count). The zero-order valence-corrected chi connectivity index (χ0v) is 13.6. The van der Waals surface area contributed by atoms with Gasteiger partial charge in [-0.15, -0.1) is 0 Å². The van der Waals surface area contributed by atoms with Crippen LogP contribution in [0.15, 0.2) is 0 Å². The molecule has 0 radical (unpaired) electrons. The Kier molecular flexibility index (Phi) is 6.35. The van der Waals surface area contributed by atoms with E-state index in [1.54, 1.807) is 0 Å². The first-order valence-corrected chi connectivity index (χ1v) is 8.81. The van der Waals surface area contributed by atoms with E-state index >= 15 is 0 Å². The van der Waals surface area contributed by atoms with Crippen molar-refractivity contribution in [3.8, 4) is 0 Å². The van der Waals surface area contributed by atoms with Crippen LogP contribution in [0, 0.1) is 0 Å². The molecule has 2 aliphatic rings. The average molecular weight is 328 g/mol. The third kappa shape index (κ3) is 5.08. The predicted molar refractivity (Wildman–Crippen MR) is 85.7 cm³/mol. The molecule has 7 nitrogen and oxygen atoms in total. The van der Waals surface area contributed by atoms with Gasteiger partial charge in [0.15, 0.2) is 0 Å². The molecular formula is C14H24N4O3S. The molecule has 124 valence electrons.